The van der Waals surface area contributed by atoms with Crippen LogP contribution in [0, 0.1) is 17.8 Å². The smallest absolute Gasteiger partial charge is 0.407 e. The van der Waals surface area contributed by atoms with Crippen molar-refractivity contribution in [1.29, 1.82) is 0 Å². The lowest BCUT2D eigenvalue weighted by atomic mass is 10.1. The summed E-state index contributed by atoms with van der Waals surface area (Å²) in [6.45, 7) is 0.0826. The predicted molar refractivity (Wildman–Crippen MR) is 83.6 cm³/mol. The van der Waals surface area contributed by atoms with Gasteiger partial charge in [-0.3, -0.25) is 0 Å². The van der Waals surface area contributed by atoms with E-state index in [2.05, 4.69) is 27.1 Å². The molecule has 4 rings (SSSR count). The van der Waals surface area contributed by atoms with Crippen LogP contribution in [0.15, 0.2) is 30.5 Å². The summed E-state index contributed by atoms with van der Waals surface area (Å²) in [5.41, 5.74) is 2.59. The van der Waals surface area contributed by atoms with Gasteiger partial charge < -0.3 is 10.1 Å². The van der Waals surface area contributed by atoms with Crippen LogP contribution in [0.1, 0.15) is 47.3 Å². The van der Waals surface area contributed by atoms with Crippen molar-refractivity contribution < 1.29 is 13.9 Å². The molecule has 0 radical (unpaired) electrons. The minimum atomic E-state index is -0.634. The highest BCUT2D eigenvalue weighted by Gasteiger charge is 2.27. The molecule has 6 heteroatoms. The van der Waals surface area contributed by atoms with E-state index in [4.69, 9.17) is 4.74 Å². The van der Waals surface area contributed by atoms with Crippen molar-refractivity contribution in [2.75, 3.05) is 6.61 Å². The first kappa shape index (κ1) is 14.6. The van der Waals surface area contributed by atoms with Gasteiger partial charge in [-0.2, -0.15) is 4.39 Å². The molecule has 2 aliphatic rings. The molecule has 3 heterocycles. The van der Waals surface area contributed by atoms with Gasteiger partial charge in [-0.05, 0) is 37.0 Å². The zero-order chi connectivity index (χ0) is 16.5. The molecule has 120 valence electrons. The second kappa shape index (κ2) is 5.93. The van der Waals surface area contributed by atoms with Crippen molar-refractivity contribution in [2.45, 2.75) is 24.8 Å². The Kier molecular flexibility index (Phi) is 3.62. The number of rotatable bonds is 2. The van der Waals surface area contributed by atoms with Gasteiger partial charge in [0.05, 0.1) is 6.04 Å². The van der Waals surface area contributed by atoms with Crippen LogP contribution < -0.4 is 5.32 Å². The maximum Gasteiger partial charge on any atom is 0.407 e. The van der Waals surface area contributed by atoms with Crippen LogP contribution >= 0.6 is 0 Å². The molecule has 5 nitrogen and oxygen atoms in total. The number of cyclic esters (lactones) is 1. The van der Waals surface area contributed by atoms with E-state index in [1.807, 2.05) is 18.2 Å². The molecule has 2 fully saturated rings. The first-order chi connectivity index (χ1) is 11.7. The summed E-state index contributed by atoms with van der Waals surface area (Å²) in [5.74, 6) is 5.87. The van der Waals surface area contributed by atoms with Crippen molar-refractivity contribution in [2.24, 2.45) is 0 Å². The maximum absolute atomic E-state index is 13.9. The van der Waals surface area contributed by atoms with E-state index in [9.17, 15) is 9.18 Å². The number of hydrogen-bond acceptors (Lipinski definition) is 4. The molecule has 0 bridgehead atoms. The Bertz CT molecular complexity index is 868. The standard InChI is InChI=1S/C18H14FN3O2/c19-17-14(16-10-24-18(23)22-16)8-11(9-20-17)4-7-13-2-1-3-15(21-13)12-5-6-12/h1-3,8-9,12,16H,5-6,10H2,(H,22,23)/t16-/m0/s1. The maximum atomic E-state index is 13.9. The van der Waals surface area contributed by atoms with Crippen LogP contribution in [0.4, 0.5) is 9.18 Å². The summed E-state index contributed by atoms with van der Waals surface area (Å²) in [6, 6.07) is 6.86. The quantitative estimate of drug-likeness (QED) is 0.682. The number of alkyl carbamates (subject to hydrolysis) is 1. The monoisotopic (exact) mass is 323 g/mol. The Morgan fingerprint density at radius 3 is 2.92 bits per heavy atom. The Morgan fingerprint density at radius 2 is 2.17 bits per heavy atom. The molecule has 0 unspecified atom stereocenters. The van der Waals surface area contributed by atoms with Gasteiger partial charge in [0.25, 0.3) is 0 Å². The molecule has 0 aromatic carbocycles. The van der Waals surface area contributed by atoms with Gasteiger partial charge in [0.1, 0.15) is 12.3 Å². The SMILES string of the molecule is O=C1N[C@H](c2cc(C#Cc3cccc(C4CC4)n3)cnc2F)CO1. The number of halogens is 1. The van der Waals surface area contributed by atoms with Gasteiger partial charge in [-0.15, -0.1) is 0 Å². The summed E-state index contributed by atoms with van der Waals surface area (Å²) in [5, 5.41) is 2.54. The number of nitrogens with zero attached hydrogens (tertiary/aromatic N) is 2. The minimum absolute atomic E-state index is 0.0826. The molecule has 1 N–H and O–H groups in total. The number of ether oxygens (including phenoxy) is 1. The molecular weight excluding hydrogens is 309 g/mol. The highest BCUT2D eigenvalue weighted by Crippen LogP contribution is 2.38. The van der Waals surface area contributed by atoms with Crippen molar-refractivity contribution in [3.8, 4) is 11.8 Å². The van der Waals surface area contributed by atoms with E-state index in [0.717, 1.165) is 5.69 Å². The molecule has 1 saturated carbocycles. The van der Waals surface area contributed by atoms with Crippen LogP contribution in [0.25, 0.3) is 0 Å². The Hall–Kier alpha value is -2.94. The summed E-state index contributed by atoms with van der Waals surface area (Å²) < 4.78 is 18.7. The van der Waals surface area contributed by atoms with E-state index >= 15 is 0 Å². The molecule has 2 aromatic heterocycles. The van der Waals surface area contributed by atoms with E-state index < -0.39 is 18.1 Å². The average Bonchev–Trinajstić information content (AvgIpc) is 3.36. The minimum Gasteiger partial charge on any atom is -0.447 e. The molecule has 1 amide bonds. The lowest BCUT2D eigenvalue weighted by Crippen LogP contribution is -2.19. The number of pyridine rings is 2. The molecule has 24 heavy (non-hydrogen) atoms. The van der Waals surface area contributed by atoms with Crippen molar-refractivity contribution in [3.05, 3.63) is 58.9 Å². The second-order valence-electron chi connectivity index (χ2n) is 5.87. The third kappa shape index (κ3) is 3.06. The first-order valence-corrected chi connectivity index (χ1v) is 7.77. The van der Waals surface area contributed by atoms with E-state index in [0.29, 0.717) is 17.2 Å². The number of carbonyl (C=O) groups is 1. The molecule has 1 atom stereocenters. The summed E-state index contributed by atoms with van der Waals surface area (Å²) >= 11 is 0. The second-order valence-corrected chi connectivity index (χ2v) is 5.87. The Labute approximate surface area is 138 Å². The molecule has 0 spiro atoms. The van der Waals surface area contributed by atoms with E-state index in [1.54, 1.807) is 6.07 Å². The number of carbonyl (C=O) groups excluding carboxylic acids is 1. The van der Waals surface area contributed by atoms with Crippen LogP contribution in [0.3, 0.4) is 0 Å². The lowest BCUT2D eigenvalue weighted by Gasteiger charge is -2.08. The van der Waals surface area contributed by atoms with Crippen LogP contribution in [-0.4, -0.2) is 22.7 Å². The number of nitrogens with one attached hydrogen (secondary N) is 1. The van der Waals surface area contributed by atoms with Crippen molar-refractivity contribution >= 4 is 6.09 Å². The highest BCUT2D eigenvalue weighted by atomic mass is 19.1. The van der Waals surface area contributed by atoms with Gasteiger partial charge in [0.2, 0.25) is 5.95 Å². The molecular formula is C18H14FN3O2. The van der Waals surface area contributed by atoms with E-state index in [1.165, 1.54) is 19.0 Å². The average molecular weight is 323 g/mol. The Morgan fingerprint density at radius 1 is 1.29 bits per heavy atom. The fourth-order valence-corrected chi connectivity index (χ4v) is 2.59. The van der Waals surface area contributed by atoms with Gasteiger partial charge in [-0.1, -0.05) is 12.0 Å². The summed E-state index contributed by atoms with van der Waals surface area (Å²) in [6.07, 6.45) is 3.18. The number of amides is 1. The molecule has 1 saturated heterocycles. The van der Waals surface area contributed by atoms with Gasteiger partial charge in [0, 0.05) is 28.9 Å². The fourth-order valence-electron chi connectivity index (χ4n) is 2.59. The lowest BCUT2D eigenvalue weighted by molar-refractivity contribution is 0.176. The van der Waals surface area contributed by atoms with Crippen LogP contribution in [0.5, 0.6) is 0 Å². The largest absolute Gasteiger partial charge is 0.447 e. The summed E-state index contributed by atoms with van der Waals surface area (Å²) in [4.78, 5) is 19.4. The normalized spacial score (nSPS) is 19.2. The highest BCUT2D eigenvalue weighted by molar-refractivity contribution is 5.70. The van der Waals surface area contributed by atoms with Gasteiger partial charge in [-0.25, -0.2) is 14.8 Å². The third-order valence-corrected chi connectivity index (χ3v) is 4.02. The Balaban J connectivity index is 1.59. The fraction of sp³-hybridized carbons (Fsp3) is 0.278. The van der Waals surface area contributed by atoms with Crippen molar-refractivity contribution in [1.82, 2.24) is 15.3 Å². The zero-order valence-corrected chi connectivity index (χ0v) is 12.8. The van der Waals surface area contributed by atoms with Gasteiger partial charge in [0.15, 0.2) is 0 Å². The third-order valence-electron chi connectivity index (χ3n) is 4.02. The van der Waals surface area contributed by atoms with Gasteiger partial charge >= 0.3 is 6.09 Å². The van der Waals surface area contributed by atoms with Crippen molar-refractivity contribution in [3.63, 3.8) is 0 Å². The molecule has 1 aliphatic carbocycles. The zero-order valence-electron chi connectivity index (χ0n) is 12.8. The topological polar surface area (TPSA) is 64.1 Å². The molecule has 1 aliphatic heterocycles. The van der Waals surface area contributed by atoms with Crippen LogP contribution in [-0.2, 0) is 4.74 Å². The first-order valence-electron chi connectivity index (χ1n) is 7.77. The number of hydrogen-bond donors (Lipinski definition) is 1. The molecule has 2 aromatic rings. The van der Waals surface area contributed by atoms with Crippen LogP contribution in [0.2, 0.25) is 0 Å². The number of aromatic nitrogens is 2. The predicted octanol–water partition coefficient (Wildman–Crippen LogP) is 2.67. The van der Waals surface area contributed by atoms with E-state index in [-0.39, 0.29) is 12.2 Å². The summed E-state index contributed by atoms with van der Waals surface area (Å²) in [7, 11) is 0.